The van der Waals surface area contributed by atoms with Gasteiger partial charge in [-0.3, -0.25) is 4.79 Å². The summed E-state index contributed by atoms with van der Waals surface area (Å²) in [5.41, 5.74) is 1.97. The topological polar surface area (TPSA) is 84.7 Å². The van der Waals surface area contributed by atoms with E-state index in [1.165, 1.54) is 6.42 Å². The van der Waals surface area contributed by atoms with E-state index in [0.717, 1.165) is 37.2 Å². The number of fused-ring (bicyclic) bond motifs is 1. The van der Waals surface area contributed by atoms with Crippen LogP contribution in [0.1, 0.15) is 54.0 Å². The minimum atomic E-state index is 0.0284. The lowest BCUT2D eigenvalue weighted by Gasteiger charge is -2.05. The molecule has 0 amide bonds. The maximum absolute atomic E-state index is 11.4. The number of benzene rings is 1. The van der Waals surface area contributed by atoms with Crippen LogP contribution in [0.25, 0.3) is 23.0 Å². The fraction of sp³-hybridized carbons (Fsp3) is 0.273. The van der Waals surface area contributed by atoms with Gasteiger partial charge < -0.3 is 8.98 Å². The van der Waals surface area contributed by atoms with Gasteiger partial charge in [0.15, 0.2) is 11.6 Å². The van der Waals surface area contributed by atoms with Gasteiger partial charge in [0.05, 0.1) is 0 Å². The van der Waals surface area contributed by atoms with Gasteiger partial charge in [0.2, 0.25) is 0 Å². The van der Waals surface area contributed by atoms with Crippen molar-refractivity contribution in [3.8, 4) is 17.4 Å². The molecule has 0 N–H and O–H groups in total. The van der Waals surface area contributed by atoms with E-state index < -0.39 is 0 Å². The normalized spacial score (nSPS) is 14.2. The largest absolute Gasteiger partial charge is 0.457 e. The Bertz CT molecular complexity index is 1080. The number of furan rings is 1. The summed E-state index contributed by atoms with van der Waals surface area (Å²) in [6.45, 7) is 2.38. The first-order chi connectivity index (χ1) is 13.7. The molecule has 0 atom stereocenters. The Kier molecular flexibility index (Phi) is 4.90. The molecular weight excluding hydrogens is 352 g/mol. The maximum Gasteiger partial charge on any atom is 0.174 e. The quantitative estimate of drug-likeness (QED) is 0.496. The Hall–Kier alpha value is -3.46. The Morgan fingerprint density at radius 2 is 1.96 bits per heavy atom. The molecule has 0 fully saturated rings. The van der Waals surface area contributed by atoms with Crippen molar-refractivity contribution in [3.63, 3.8) is 0 Å². The summed E-state index contributed by atoms with van der Waals surface area (Å²) < 4.78 is 7.95. The summed E-state index contributed by atoms with van der Waals surface area (Å²) in [7, 11) is 0. The van der Waals surface area contributed by atoms with Crippen molar-refractivity contribution in [1.29, 1.82) is 5.26 Å². The van der Waals surface area contributed by atoms with Crippen LogP contribution in [-0.4, -0.2) is 20.5 Å². The zero-order chi connectivity index (χ0) is 19.5. The van der Waals surface area contributed by atoms with E-state index >= 15 is 0 Å². The van der Waals surface area contributed by atoms with Crippen molar-refractivity contribution < 1.29 is 9.21 Å². The molecule has 3 heterocycles. The first kappa shape index (κ1) is 17.9. The minimum absolute atomic E-state index is 0.0284. The zero-order valence-electron chi connectivity index (χ0n) is 15.7. The number of ketones is 1. The van der Waals surface area contributed by atoms with Gasteiger partial charge in [-0.1, -0.05) is 30.7 Å². The molecule has 1 aliphatic rings. The second kappa shape index (κ2) is 7.65. The van der Waals surface area contributed by atoms with E-state index in [1.54, 1.807) is 25.1 Å². The second-order valence-corrected chi connectivity index (χ2v) is 6.91. The average molecular weight is 372 g/mol. The van der Waals surface area contributed by atoms with E-state index in [9.17, 15) is 10.1 Å². The molecular formula is C22H20N4O2. The van der Waals surface area contributed by atoms with Gasteiger partial charge in [0.25, 0.3) is 0 Å². The average Bonchev–Trinajstić information content (AvgIpc) is 3.27. The Labute approximate surface area is 163 Å². The number of aryl methyl sites for hydroxylation is 1. The molecule has 1 aliphatic heterocycles. The van der Waals surface area contributed by atoms with Crippen LogP contribution in [0, 0.1) is 11.3 Å². The molecule has 28 heavy (non-hydrogen) atoms. The number of carbonyl (C=O) groups is 1. The highest BCUT2D eigenvalue weighted by Gasteiger charge is 2.18. The standard InChI is InChI=1S/C22H20N4O2/c1-15(27)16-6-8-17(9-7-16)20-11-10-19(28-20)13-18(14-23)22-25-24-21-5-3-2-4-12-26(21)22/h6-11,13H,2-5,12H2,1H3. The summed E-state index contributed by atoms with van der Waals surface area (Å²) in [4.78, 5) is 11.4. The van der Waals surface area contributed by atoms with E-state index in [1.807, 2.05) is 28.8 Å². The van der Waals surface area contributed by atoms with Crippen LogP contribution < -0.4 is 0 Å². The van der Waals surface area contributed by atoms with Crippen LogP contribution >= 0.6 is 0 Å². The number of nitrogens with zero attached hydrogens (tertiary/aromatic N) is 4. The number of rotatable bonds is 4. The fourth-order valence-electron chi connectivity index (χ4n) is 3.43. The SMILES string of the molecule is CC(=O)c1ccc(-c2ccc(C=C(C#N)c3nnc4n3CCCCC4)o2)cc1. The number of carbonyl (C=O) groups excluding carboxylic acids is 1. The third-order valence-corrected chi connectivity index (χ3v) is 4.96. The molecule has 0 bridgehead atoms. The predicted octanol–water partition coefficient (Wildman–Crippen LogP) is 4.53. The lowest BCUT2D eigenvalue weighted by Crippen LogP contribution is -2.05. The highest BCUT2D eigenvalue weighted by atomic mass is 16.3. The fourth-order valence-corrected chi connectivity index (χ4v) is 3.43. The van der Waals surface area contributed by atoms with Gasteiger partial charge in [-0.15, -0.1) is 10.2 Å². The molecule has 0 spiro atoms. The molecule has 2 aromatic heterocycles. The van der Waals surface area contributed by atoms with E-state index in [0.29, 0.717) is 28.5 Å². The molecule has 140 valence electrons. The number of hydrogen-bond donors (Lipinski definition) is 0. The molecule has 3 aromatic rings. The summed E-state index contributed by atoms with van der Waals surface area (Å²) in [5, 5.41) is 18.2. The number of allylic oxidation sites excluding steroid dienone is 1. The van der Waals surface area contributed by atoms with E-state index in [-0.39, 0.29) is 5.78 Å². The Morgan fingerprint density at radius 1 is 1.14 bits per heavy atom. The minimum Gasteiger partial charge on any atom is -0.457 e. The van der Waals surface area contributed by atoms with Crippen molar-refractivity contribution in [2.75, 3.05) is 0 Å². The van der Waals surface area contributed by atoms with Gasteiger partial charge in [-0.25, -0.2) is 0 Å². The zero-order valence-corrected chi connectivity index (χ0v) is 15.7. The van der Waals surface area contributed by atoms with Crippen LogP contribution in [0.5, 0.6) is 0 Å². The van der Waals surface area contributed by atoms with Crippen LogP contribution in [0.2, 0.25) is 0 Å². The van der Waals surface area contributed by atoms with Crippen molar-refractivity contribution in [2.45, 2.75) is 39.2 Å². The second-order valence-electron chi connectivity index (χ2n) is 6.91. The monoisotopic (exact) mass is 372 g/mol. The molecule has 0 radical (unpaired) electrons. The predicted molar refractivity (Wildman–Crippen MR) is 105 cm³/mol. The van der Waals surface area contributed by atoms with Gasteiger partial charge in [0, 0.05) is 30.2 Å². The lowest BCUT2D eigenvalue weighted by molar-refractivity contribution is 0.101. The molecule has 0 saturated heterocycles. The first-order valence-corrected chi connectivity index (χ1v) is 9.41. The maximum atomic E-state index is 11.4. The van der Waals surface area contributed by atoms with E-state index in [4.69, 9.17) is 4.42 Å². The molecule has 1 aromatic carbocycles. The van der Waals surface area contributed by atoms with Crippen molar-refractivity contribution >= 4 is 17.4 Å². The van der Waals surface area contributed by atoms with Crippen molar-refractivity contribution in [2.24, 2.45) is 0 Å². The van der Waals surface area contributed by atoms with Gasteiger partial charge >= 0.3 is 0 Å². The third kappa shape index (κ3) is 3.52. The van der Waals surface area contributed by atoms with Crippen molar-refractivity contribution in [1.82, 2.24) is 14.8 Å². The molecule has 0 aliphatic carbocycles. The van der Waals surface area contributed by atoms with Crippen LogP contribution in [0.3, 0.4) is 0 Å². The van der Waals surface area contributed by atoms with Crippen LogP contribution in [0.4, 0.5) is 0 Å². The molecule has 0 saturated carbocycles. The summed E-state index contributed by atoms with van der Waals surface area (Å²) in [6.07, 6.45) is 5.94. The molecule has 6 nitrogen and oxygen atoms in total. The smallest absolute Gasteiger partial charge is 0.174 e. The van der Waals surface area contributed by atoms with Gasteiger partial charge in [-0.05, 0) is 31.9 Å². The Balaban J connectivity index is 1.63. The highest BCUT2D eigenvalue weighted by Crippen LogP contribution is 2.26. The number of nitriles is 1. The third-order valence-electron chi connectivity index (χ3n) is 4.96. The summed E-state index contributed by atoms with van der Waals surface area (Å²) >= 11 is 0. The first-order valence-electron chi connectivity index (χ1n) is 9.41. The molecule has 4 rings (SSSR count). The number of aromatic nitrogens is 3. The highest BCUT2D eigenvalue weighted by molar-refractivity contribution is 5.94. The van der Waals surface area contributed by atoms with Crippen molar-refractivity contribution in [3.05, 3.63) is 59.4 Å². The summed E-state index contributed by atoms with van der Waals surface area (Å²) in [6, 6.07) is 13.2. The van der Waals surface area contributed by atoms with Gasteiger partial charge in [-0.2, -0.15) is 5.26 Å². The molecule has 0 unspecified atom stereocenters. The van der Waals surface area contributed by atoms with Crippen LogP contribution in [0.15, 0.2) is 40.8 Å². The number of hydrogen-bond acceptors (Lipinski definition) is 5. The lowest BCUT2D eigenvalue weighted by atomic mass is 10.1. The number of Topliss-reactive ketones (excluding diaryl/α,β-unsaturated/α-hetero) is 1. The molecule has 6 heteroatoms. The van der Waals surface area contributed by atoms with Gasteiger partial charge in [0.1, 0.15) is 29.0 Å². The van der Waals surface area contributed by atoms with E-state index in [2.05, 4.69) is 16.3 Å². The van der Waals surface area contributed by atoms with Crippen LogP contribution in [-0.2, 0) is 13.0 Å². The Morgan fingerprint density at radius 3 is 2.71 bits per heavy atom. The summed E-state index contributed by atoms with van der Waals surface area (Å²) in [5.74, 6) is 2.83.